The average molecular weight is 306 g/mol. The number of pyridine rings is 1. The number of amides is 1. The molecule has 1 heterocycles. The van der Waals surface area contributed by atoms with Crippen molar-refractivity contribution in [1.82, 2.24) is 4.98 Å². The molecule has 0 saturated heterocycles. The lowest BCUT2D eigenvalue weighted by molar-refractivity contribution is -0.114. The van der Waals surface area contributed by atoms with Crippen molar-refractivity contribution in [1.29, 1.82) is 0 Å². The van der Waals surface area contributed by atoms with Crippen molar-refractivity contribution in [2.24, 2.45) is 0 Å². The van der Waals surface area contributed by atoms with E-state index >= 15 is 0 Å². The molecule has 0 aliphatic rings. The van der Waals surface area contributed by atoms with Crippen LogP contribution in [0.5, 0.6) is 0 Å². The van der Waals surface area contributed by atoms with Crippen LogP contribution in [0.15, 0.2) is 42.6 Å². The summed E-state index contributed by atoms with van der Waals surface area (Å²) in [6, 6.07) is 10.6. The second kappa shape index (κ2) is 7.06. The monoisotopic (exact) mass is 305 g/mol. The van der Waals surface area contributed by atoms with E-state index in [4.69, 9.17) is 11.6 Å². The van der Waals surface area contributed by atoms with Crippen LogP contribution < -0.4 is 10.2 Å². The van der Waals surface area contributed by atoms with Gasteiger partial charge in [-0.25, -0.2) is 4.98 Å². The topological polar surface area (TPSA) is 65.5 Å². The summed E-state index contributed by atoms with van der Waals surface area (Å²) in [7, 11) is 1.77. The predicted molar refractivity (Wildman–Crippen MR) is 83.5 cm³/mol. The van der Waals surface area contributed by atoms with E-state index in [-0.39, 0.29) is 19.1 Å². The quantitative estimate of drug-likeness (QED) is 0.889. The number of hydrogen-bond acceptors (Lipinski definition) is 4. The zero-order valence-electron chi connectivity index (χ0n) is 11.6. The van der Waals surface area contributed by atoms with Crippen LogP contribution in [0.2, 0.25) is 5.02 Å². The standard InChI is InChI=1S/C15H16ClN3O2/c1-19(14-7-6-12(16)8-17-14)9-15(21)18-13-5-3-2-4-11(13)10-20/h2-8,20H,9-10H2,1H3,(H,18,21). The van der Waals surface area contributed by atoms with Gasteiger partial charge in [-0.3, -0.25) is 4.79 Å². The maximum absolute atomic E-state index is 12.0. The summed E-state index contributed by atoms with van der Waals surface area (Å²) in [5.41, 5.74) is 1.29. The molecule has 110 valence electrons. The molecule has 0 bridgehead atoms. The molecule has 0 atom stereocenters. The first kappa shape index (κ1) is 15.3. The number of likely N-dealkylation sites (N-methyl/N-ethyl adjacent to an activating group) is 1. The third-order valence-electron chi connectivity index (χ3n) is 2.95. The second-order valence-corrected chi connectivity index (χ2v) is 4.99. The van der Waals surface area contributed by atoms with Gasteiger partial charge in [-0.05, 0) is 18.2 Å². The molecule has 1 amide bonds. The Morgan fingerprint density at radius 1 is 1.33 bits per heavy atom. The van der Waals surface area contributed by atoms with E-state index in [1.807, 2.05) is 6.07 Å². The number of nitrogens with zero attached hydrogens (tertiary/aromatic N) is 2. The van der Waals surface area contributed by atoms with Gasteiger partial charge in [-0.2, -0.15) is 0 Å². The number of rotatable bonds is 5. The van der Waals surface area contributed by atoms with Crippen molar-refractivity contribution in [2.45, 2.75) is 6.61 Å². The zero-order valence-corrected chi connectivity index (χ0v) is 12.3. The van der Waals surface area contributed by atoms with Gasteiger partial charge in [-0.1, -0.05) is 29.8 Å². The molecule has 2 aromatic rings. The van der Waals surface area contributed by atoms with Gasteiger partial charge in [0.1, 0.15) is 5.82 Å². The number of hydrogen-bond donors (Lipinski definition) is 2. The number of para-hydroxylation sites is 1. The Hall–Kier alpha value is -2.11. The summed E-state index contributed by atoms with van der Waals surface area (Å²) in [6.07, 6.45) is 1.53. The van der Waals surface area contributed by atoms with Gasteiger partial charge >= 0.3 is 0 Å². The van der Waals surface area contributed by atoms with Crippen LogP contribution in [0.3, 0.4) is 0 Å². The molecule has 0 aliphatic heterocycles. The molecule has 0 saturated carbocycles. The number of carbonyl (C=O) groups excluding carboxylic acids is 1. The minimum absolute atomic E-state index is 0.120. The summed E-state index contributed by atoms with van der Waals surface area (Å²) in [6.45, 7) is 0.0272. The molecule has 2 rings (SSSR count). The number of anilines is 2. The van der Waals surface area contributed by atoms with Crippen molar-refractivity contribution in [3.05, 3.63) is 53.2 Å². The van der Waals surface area contributed by atoms with Gasteiger partial charge in [0, 0.05) is 24.5 Å². The summed E-state index contributed by atoms with van der Waals surface area (Å²) < 4.78 is 0. The van der Waals surface area contributed by atoms with Gasteiger partial charge < -0.3 is 15.3 Å². The third-order valence-corrected chi connectivity index (χ3v) is 3.17. The molecule has 1 aromatic heterocycles. The predicted octanol–water partition coefficient (Wildman–Crippen LogP) is 2.30. The molecule has 2 N–H and O–H groups in total. The SMILES string of the molecule is CN(CC(=O)Nc1ccccc1CO)c1ccc(Cl)cn1. The van der Waals surface area contributed by atoms with Crippen LogP contribution in [0.1, 0.15) is 5.56 Å². The summed E-state index contributed by atoms with van der Waals surface area (Å²) in [5.74, 6) is 0.472. The molecule has 5 nitrogen and oxygen atoms in total. The Balaban J connectivity index is 1.99. The molecule has 21 heavy (non-hydrogen) atoms. The Morgan fingerprint density at radius 3 is 2.76 bits per heavy atom. The molecule has 0 radical (unpaired) electrons. The molecule has 0 unspecified atom stereocenters. The Kier molecular flexibility index (Phi) is 5.14. The van der Waals surface area contributed by atoms with Gasteiger partial charge in [0.15, 0.2) is 0 Å². The number of aromatic nitrogens is 1. The van der Waals surface area contributed by atoms with Gasteiger partial charge in [0.2, 0.25) is 5.91 Å². The highest BCUT2D eigenvalue weighted by Gasteiger charge is 2.10. The summed E-state index contributed by atoms with van der Waals surface area (Å²) in [4.78, 5) is 17.9. The fourth-order valence-electron chi connectivity index (χ4n) is 1.86. The van der Waals surface area contributed by atoms with Crippen molar-refractivity contribution in [3.8, 4) is 0 Å². The first-order chi connectivity index (χ1) is 10.1. The lowest BCUT2D eigenvalue weighted by atomic mass is 10.2. The van der Waals surface area contributed by atoms with Crippen LogP contribution in [-0.2, 0) is 11.4 Å². The van der Waals surface area contributed by atoms with Crippen LogP contribution >= 0.6 is 11.6 Å². The highest BCUT2D eigenvalue weighted by molar-refractivity contribution is 6.30. The van der Waals surface area contributed by atoms with Gasteiger partial charge in [0.25, 0.3) is 0 Å². The van der Waals surface area contributed by atoms with E-state index in [9.17, 15) is 9.90 Å². The van der Waals surface area contributed by atoms with E-state index in [2.05, 4.69) is 10.3 Å². The smallest absolute Gasteiger partial charge is 0.243 e. The number of benzene rings is 1. The molecule has 0 fully saturated rings. The fourth-order valence-corrected chi connectivity index (χ4v) is 1.97. The van der Waals surface area contributed by atoms with E-state index < -0.39 is 0 Å². The molecule has 0 spiro atoms. The minimum atomic E-state index is -0.185. The van der Waals surface area contributed by atoms with Crippen molar-refractivity contribution < 1.29 is 9.90 Å². The maximum Gasteiger partial charge on any atom is 0.243 e. The van der Waals surface area contributed by atoms with E-state index in [1.165, 1.54) is 6.20 Å². The van der Waals surface area contributed by atoms with Crippen molar-refractivity contribution >= 4 is 29.0 Å². The van der Waals surface area contributed by atoms with E-state index in [0.29, 0.717) is 22.1 Å². The minimum Gasteiger partial charge on any atom is -0.392 e. The van der Waals surface area contributed by atoms with Crippen LogP contribution in [0.25, 0.3) is 0 Å². The lowest BCUT2D eigenvalue weighted by Gasteiger charge is -2.18. The number of aliphatic hydroxyl groups excluding tert-OH is 1. The second-order valence-electron chi connectivity index (χ2n) is 4.55. The number of halogens is 1. The normalized spacial score (nSPS) is 10.2. The summed E-state index contributed by atoms with van der Waals surface area (Å²) in [5, 5.41) is 12.6. The average Bonchev–Trinajstić information content (AvgIpc) is 2.48. The Morgan fingerprint density at radius 2 is 2.10 bits per heavy atom. The molecule has 1 aromatic carbocycles. The third kappa shape index (κ3) is 4.18. The Bertz CT molecular complexity index is 617. The largest absolute Gasteiger partial charge is 0.392 e. The van der Waals surface area contributed by atoms with E-state index in [0.717, 1.165) is 0 Å². The summed E-state index contributed by atoms with van der Waals surface area (Å²) >= 11 is 5.78. The fraction of sp³-hybridized carbons (Fsp3) is 0.200. The van der Waals surface area contributed by atoms with Crippen LogP contribution in [-0.4, -0.2) is 29.6 Å². The Labute approximate surface area is 128 Å². The van der Waals surface area contributed by atoms with E-state index in [1.54, 1.807) is 42.3 Å². The van der Waals surface area contributed by atoms with Gasteiger partial charge in [0.05, 0.1) is 18.2 Å². The van der Waals surface area contributed by atoms with Crippen LogP contribution in [0.4, 0.5) is 11.5 Å². The highest BCUT2D eigenvalue weighted by Crippen LogP contribution is 2.16. The van der Waals surface area contributed by atoms with Crippen LogP contribution in [0, 0.1) is 0 Å². The number of nitrogens with one attached hydrogen (secondary N) is 1. The molecule has 6 heteroatoms. The molecular formula is C15H16ClN3O2. The number of aliphatic hydroxyl groups is 1. The molecule has 0 aliphatic carbocycles. The molecular weight excluding hydrogens is 290 g/mol. The first-order valence-corrected chi connectivity index (χ1v) is 6.79. The number of carbonyl (C=O) groups is 1. The lowest BCUT2D eigenvalue weighted by Crippen LogP contribution is -2.30. The van der Waals surface area contributed by atoms with Gasteiger partial charge in [-0.15, -0.1) is 0 Å². The zero-order chi connectivity index (χ0) is 15.2. The highest BCUT2D eigenvalue weighted by atomic mass is 35.5. The van der Waals surface area contributed by atoms with Crippen molar-refractivity contribution in [3.63, 3.8) is 0 Å². The maximum atomic E-state index is 12.0. The van der Waals surface area contributed by atoms with Crippen molar-refractivity contribution in [2.75, 3.05) is 23.8 Å². The first-order valence-electron chi connectivity index (χ1n) is 6.41.